The van der Waals surface area contributed by atoms with E-state index in [0.29, 0.717) is 0 Å². The largest absolute Gasteiger partial charge is 0.320 e. The molecular formula is C15H18N2. The van der Waals surface area contributed by atoms with Crippen LogP contribution in [0.3, 0.4) is 0 Å². The number of para-hydroxylation sites is 1. The maximum atomic E-state index is 3.36. The Kier molecular flexibility index (Phi) is 2.73. The van der Waals surface area contributed by atoms with Crippen molar-refractivity contribution in [2.45, 2.75) is 19.8 Å². The van der Waals surface area contributed by atoms with E-state index in [9.17, 15) is 0 Å². The molecule has 0 spiro atoms. The quantitative estimate of drug-likeness (QED) is 0.833. The molecule has 1 aromatic carbocycles. The second kappa shape index (κ2) is 4.38. The molecule has 88 valence electrons. The highest BCUT2D eigenvalue weighted by Gasteiger charge is 2.10. The summed E-state index contributed by atoms with van der Waals surface area (Å²) in [4.78, 5) is 0. The summed E-state index contributed by atoms with van der Waals surface area (Å²) < 4.78 is 2.37. The highest BCUT2D eigenvalue weighted by atomic mass is 15.0. The average molecular weight is 226 g/mol. The highest BCUT2D eigenvalue weighted by molar-refractivity contribution is 5.86. The van der Waals surface area contributed by atoms with Gasteiger partial charge in [0, 0.05) is 36.8 Å². The number of benzene rings is 1. The lowest BCUT2D eigenvalue weighted by molar-refractivity contribution is 0.720. The molecule has 0 bridgehead atoms. The molecule has 0 radical (unpaired) electrons. The Hall–Kier alpha value is -1.54. The van der Waals surface area contributed by atoms with Crippen molar-refractivity contribution >= 4 is 16.6 Å². The number of rotatable bonds is 2. The molecule has 2 aromatic rings. The standard InChI is InChI=1S/C15H18N2/c1-2-12-4-3-5-13-8-11-17(15(12)13)14-6-9-16-10-7-14/h3-6,8,11,16H,2,7,9-10H2,1H3. The van der Waals surface area contributed by atoms with Crippen molar-refractivity contribution < 1.29 is 0 Å². The Morgan fingerprint density at radius 2 is 2.24 bits per heavy atom. The first-order chi connectivity index (χ1) is 8.40. The van der Waals surface area contributed by atoms with Crippen molar-refractivity contribution in [1.82, 2.24) is 9.88 Å². The number of aromatic nitrogens is 1. The van der Waals surface area contributed by atoms with E-state index in [-0.39, 0.29) is 0 Å². The van der Waals surface area contributed by atoms with Crippen molar-refractivity contribution in [1.29, 1.82) is 0 Å². The molecule has 1 aromatic heterocycles. The van der Waals surface area contributed by atoms with E-state index >= 15 is 0 Å². The zero-order chi connectivity index (χ0) is 11.7. The fourth-order valence-electron chi connectivity index (χ4n) is 2.62. The molecule has 0 fully saturated rings. The molecule has 0 unspecified atom stereocenters. The monoisotopic (exact) mass is 226 g/mol. The van der Waals surface area contributed by atoms with Gasteiger partial charge in [-0.3, -0.25) is 0 Å². The second-order valence-electron chi connectivity index (χ2n) is 4.54. The molecule has 1 N–H and O–H groups in total. The van der Waals surface area contributed by atoms with Gasteiger partial charge in [0.1, 0.15) is 0 Å². The fraction of sp³-hybridized carbons (Fsp3) is 0.333. The molecule has 0 saturated carbocycles. The summed E-state index contributed by atoms with van der Waals surface area (Å²) in [6.07, 6.45) is 6.71. The third-order valence-electron chi connectivity index (χ3n) is 3.53. The van der Waals surface area contributed by atoms with E-state index in [1.807, 2.05) is 0 Å². The van der Waals surface area contributed by atoms with Gasteiger partial charge in [0.25, 0.3) is 0 Å². The highest BCUT2D eigenvalue weighted by Crippen LogP contribution is 2.25. The third kappa shape index (κ3) is 1.79. The zero-order valence-corrected chi connectivity index (χ0v) is 10.2. The molecule has 0 aliphatic carbocycles. The summed E-state index contributed by atoms with van der Waals surface area (Å²) in [7, 11) is 0. The van der Waals surface area contributed by atoms with Gasteiger partial charge in [0.05, 0.1) is 5.52 Å². The summed E-state index contributed by atoms with van der Waals surface area (Å²) in [6.45, 7) is 4.30. The summed E-state index contributed by atoms with van der Waals surface area (Å²) in [5.41, 5.74) is 4.26. The molecule has 2 heteroatoms. The Labute approximate surface area is 102 Å². The van der Waals surface area contributed by atoms with Crippen LogP contribution in [0.2, 0.25) is 0 Å². The third-order valence-corrected chi connectivity index (χ3v) is 3.53. The zero-order valence-electron chi connectivity index (χ0n) is 10.2. The maximum Gasteiger partial charge on any atom is 0.0556 e. The Bertz CT molecular complexity index is 563. The first kappa shape index (κ1) is 10.6. The first-order valence-electron chi connectivity index (χ1n) is 6.39. The molecule has 0 amide bonds. The van der Waals surface area contributed by atoms with Crippen LogP contribution in [-0.2, 0) is 6.42 Å². The molecule has 2 heterocycles. The van der Waals surface area contributed by atoms with Crippen molar-refractivity contribution in [2.24, 2.45) is 0 Å². The van der Waals surface area contributed by atoms with E-state index in [2.05, 4.69) is 53.3 Å². The Morgan fingerprint density at radius 1 is 1.29 bits per heavy atom. The number of fused-ring (bicyclic) bond motifs is 1. The summed E-state index contributed by atoms with van der Waals surface area (Å²) in [6, 6.07) is 8.81. The smallest absolute Gasteiger partial charge is 0.0556 e. The minimum absolute atomic E-state index is 0.989. The van der Waals surface area contributed by atoms with Gasteiger partial charge in [0.15, 0.2) is 0 Å². The number of nitrogens with one attached hydrogen (secondary N) is 1. The predicted molar refractivity (Wildman–Crippen MR) is 73.1 cm³/mol. The summed E-state index contributed by atoms with van der Waals surface area (Å²) >= 11 is 0. The normalized spacial score (nSPS) is 16.2. The van der Waals surface area contributed by atoms with E-state index in [4.69, 9.17) is 0 Å². The molecule has 1 aliphatic rings. The first-order valence-corrected chi connectivity index (χ1v) is 6.39. The van der Waals surface area contributed by atoms with E-state index in [1.54, 1.807) is 0 Å². The van der Waals surface area contributed by atoms with Crippen molar-refractivity contribution in [3.63, 3.8) is 0 Å². The van der Waals surface area contributed by atoms with Gasteiger partial charge >= 0.3 is 0 Å². The lowest BCUT2D eigenvalue weighted by Gasteiger charge is -2.17. The van der Waals surface area contributed by atoms with E-state index < -0.39 is 0 Å². The molecule has 3 rings (SSSR count). The van der Waals surface area contributed by atoms with Crippen molar-refractivity contribution in [2.75, 3.05) is 13.1 Å². The van der Waals surface area contributed by atoms with Crippen LogP contribution >= 0.6 is 0 Å². The molecule has 17 heavy (non-hydrogen) atoms. The van der Waals surface area contributed by atoms with Crippen molar-refractivity contribution in [3.8, 4) is 0 Å². The lowest BCUT2D eigenvalue weighted by atomic mass is 10.1. The van der Waals surface area contributed by atoms with Gasteiger partial charge in [0.2, 0.25) is 0 Å². The fourth-order valence-corrected chi connectivity index (χ4v) is 2.62. The summed E-state index contributed by atoms with van der Waals surface area (Å²) in [5, 5.41) is 4.71. The van der Waals surface area contributed by atoms with Crippen molar-refractivity contribution in [3.05, 3.63) is 42.1 Å². The Balaban J connectivity index is 2.19. The minimum atomic E-state index is 0.989. The number of hydrogen-bond acceptors (Lipinski definition) is 1. The van der Waals surface area contributed by atoms with Gasteiger partial charge in [-0.15, -0.1) is 0 Å². The van der Waals surface area contributed by atoms with Crippen LogP contribution in [0.4, 0.5) is 0 Å². The van der Waals surface area contributed by atoms with Crippen LogP contribution < -0.4 is 5.32 Å². The van der Waals surface area contributed by atoms with Crippen LogP contribution in [0.15, 0.2) is 36.5 Å². The van der Waals surface area contributed by atoms with Gasteiger partial charge in [-0.05, 0) is 18.1 Å². The van der Waals surface area contributed by atoms with Crippen LogP contribution in [0, 0.1) is 0 Å². The van der Waals surface area contributed by atoms with Crippen LogP contribution in [0.25, 0.3) is 16.6 Å². The SMILES string of the molecule is CCc1cccc2ccn(C3=CCNCC3)c12. The van der Waals surface area contributed by atoms with Crippen LogP contribution in [-0.4, -0.2) is 17.7 Å². The van der Waals surface area contributed by atoms with Gasteiger partial charge < -0.3 is 9.88 Å². The second-order valence-corrected chi connectivity index (χ2v) is 4.54. The molecule has 0 atom stereocenters. The maximum absolute atomic E-state index is 3.36. The summed E-state index contributed by atoms with van der Waals surface area (Å²) in [5.74, 6) is 0. The van der Waals surface area contributed by atoms with E-state index in [0.717, 1.165) is 25.9 Å². The molecule has 2 nitrogen and oxygen atoms in total. The average Bonchev–Trinajstić information content (AvgIpc) is 2.83. The van der Waals surface area contributed by atoms with Gasteiger partial charge in [-0.2, -0.15) is 0 Å². The minimum Gasteiger partial charge on any atom is -0.320 e. The van der Waals surface area contributed by atoms with E-state index in [1.165, 1.54) is 22.2 Å². The van der Waals surface area contributed by atoms with Crippen LogP contribution in [0.5, 0.6) is 0 Å². The Morgan fingerprint density at radius 3 is 3.00 bits per heavy atom. The van der Waals surface area contributed by atoms with Crippen LogP contribution in [0.1, 0.15) is 18.9 Å². The number of aryl methyl sites for hydroxylation is 1. The molecule has 0 saturated heterocycles. The lowest BCUT2D eigenvalue weighted by Crippen LogP contribution is -2.21. The number of hydrogen-bond donors (Lipinski definition) is 1. The van der Waals surface area contributed by atoms with Gasteiger partial charge in [-0.25, -0.2) is 0 Å². The molecular weight excluding hydrogens is 208 g/mol. The topological polar surface area (TPSA) is 17.0 Å². The number of nitrogens with zero attached hydrogens (tertiary/aromatic N) is 1. The predicted octanol–water partition coefficient (Wildman–Crippen LogP) is 3.04. The molecule has 1 aliphatic heterocycles. The van der Waals surface area contributed by atoms with Gasteiger partial charge in [-0.1, -0.05) is 31.2 Å².